The van der Waals surface area contributed by atoms with Crippen LogP contribution < -0.4 is 5.32 Å². The van der Waals surface area contributed by atoms with Crippen LogP contribution in [0.3, 0.4) is 0 Å². The van der Waals surface area contributed by atoms with E-state index in [0.717, 1.165) is 19.8 Å². The van der Waals surface area contributed by atoms with Gasteiger partial charge in [0.2, 0.25) is 0 Å². The number of hydrogen-bond donors (Lipinski definition) is 1. The fourth-order valence-electron chi connectivity index (χ4n) is 1.81. The van der Waals surface area contributed by atoms with E-state index >= 15 is 0 Å². The van der Waals surface area contributed by atoms with E-state index in [4.69, 9.17) is 11.6 Å². The lowest BCUT2D eigenvalue weighted by Gasteiger charge is -2.18. The summed E-state index contributed by atoms with van der Waals surface area (Å²) >= 11 is 17.2. The van der Waals surface area contributed by atoms with E-state index in [1.165, 1.54) is 14.0 Å². The van der Waals surface area contributed by atoms with Gasteiger partial charge in [0.15, 0.2) is 0 Å². The van der Waals surface area contributed by atoms with Crippen molar-refractivity contribution >= 4 is 77.4 Å². The maximum Gasteiger partial charge on any atom is 0.107 e. The summed E-state index contributed by atoms with van der Waals surface area (Å²) in [5.41, 5.74) is 1.24. The van der Waals surface area contributed by atoms with Crippen LogP contribution in [0.1, 0.15) is 23.4 Å². The molecule has 0 fully saturated rings. The van der Waals surface area contributed by atoms with Crippen LogP contribution in [0.25, 0.3) is 0 Å². The molecule has 19 heavy (non-hydrogen) atoms. The Labute approximate surface area is 152 Å². The van der Waals surface area contributed by atoms with Crippen molar-refractivity contribution in [3.63, 3.8) is 0 Å². The minimum atomic E-state index is 0.155. The number of thiophene rings is 1. The van der Waals surface area contributed by atoms with Crippen molar-refractivity contribution in [2.45, 2.75) is 13.0 Å². The summed E-state index contributed by atoms with van der Waals surface area (Å²) in [7, 11) is 0. The van der Waals surface area contributed by atoms with E-state index in [1.807, 2.05) is 0 Å². The molecule has 1 heterocycles. The average molecular weight is 535 g/mol. The number of benzene rings is 1. The molecule has 1 aromatic carbocycles. The van der Waals surface area contributed by atoms with Crippen LogP contribution in [0, 0.1) is 3.57 Å². The third kappa shape index (κ3) is 3.95. The van der Waals surface area contributed by atoms with Gasteiger partial charge in [0.1, 0.15) is 4.34 Å². The van der Waals surface area contributed by atoms with E-state index in [-0.39, 0.29) is 6.04 Å². The minimum Gasteiger partial charge on any atom is -0.306 e. The van der Waals surface area contributed by atoms with E-state index in [9.17, 15) is 0 Å². The molecule has 0 radical (unpaired) electrons. The quantitative estimate of drug-likeness (QED) is 0.458. The van der Waals surface area contributed by atoms with Gasteiger partial charge in [0.25, 0.3) is 0 Å². The van der Waals surface area contributed by atoms with Gasteiger partial charge in [-0.2, -0.15) is 0 Å². The molecule has 0 aliphatic heterocycles. The molecule has 1 atom stereocenters. The van der Waals surface area contributed by atoms with Gasteiger partial charge in [0.05, 0.1) is 6.04 Å². The second kappa shape index (κ2) is 7.22. The topological polar surface area (TPSA) is 12.0 Å². The summed E-state index contributed by atoms with van der Waals surface area (Å²) in [4.78, 5) is 1.21. The van der Waals surface area contributed by atoms with Gasteiger partial charge in [-0.05, 0) is 74.9 Å². The van der Waals surface area contributed by atoms with Crippen LogP contribution in [-0.4, -0.2) is 6.54 Å². The Balaban J connectivity index is 2.47. The van der Waals surface area contributed by atoms with E-state index < -0.39 is 0 Å². The van der Waals surface area contributed by atoms with Crippen LogP contribution in [0.15, 0.2) is 33.2 Å². The van der Waals surface area contributed by atoms with Gasteiger partial charge < -0.3 is 5.32 Å². The molecule has 1 aromatic heterocycles. The molecule has 102 valence electrons. The molecule has 0 spiro atoms. The van der Waals surface area contributed by atoms with Gasteiger partial charge in [-0.1, -0.05) is 34.5 Å². The lowest BCUT2D eigenvalue weighted by Crippen LogP contribution is -2.21. The SMILES string of the molecule is CCNC(c1cc(Br)c(Cl)s1)c1cc(I)ccc1Br. The molecule has 0 aliphatic rings. The third-order valence-corrected chi connectivity index (χ3v) is 6.56. The van der Waals surface area contributed by atoms with Gasteiger partial charge in [0, 0.05) is 17.4 Å². The first-order chi connectivity index (χ1) is 9.02. The molecular formula is C13H11Br2ClINS. The molecule has 2 aromatic rings. The summed E-state index contributed by atoms with van der Waals surface area (Å²) in [6, 6.07) is 8.62. The third-order valence-electron chi connectivity index (χ3n) is 2.63. The molecule has 1 N–H and O–H groups in total. The van der Waals surface area contributed by atoms with Crippen molar-refractivity contribution in [3.8, 4) is 0 Å². The Hall–Kier alpha value is 0.860. The Kier molecular flexibility index (Phi) is 6.17. The largest absolute Gasteiger partial charge is 0.306 e. The fraction of sp³-hybridized carbons (Fsp3) is 0.231. The summed E-state index contributed by atoms with van der Waals surface area (Å²) < 4.78 is 4.08. The monoisotopic (exact) mass is 533 g/mol. The predicted molar refractivity (Wildman–Crippen MR) is 99.4 cm³/mol. The maximum absolute atomic E-state index is 6.16. The molecule has 0 bridgehead atoms. The zero-order chi connectivity index (χ0) is 14.0. The normalized spacial score (nSPS) is 12.7. The molecule has 0 saturated carbocycles. The Morgan fingerprint density at radius 3 is 2.63 bits per heavy atom. The molecule has 1 unspecified atom stereocenters. The zero-order valence-corrected chi connectivity index (χ0v) is 16.9. The van der Waals surface area contributed by atoms with Crippen molar-refractivity contribution in [1.82, 2.24) is 5.32 Å². The highest BCUT2D eigenvalue weighted by Gasteiger charge is 2.19. The Morgan fingerprint density at radius 2 is 2.05 bits per heavy atom. The van der Waals surface area contributed by atoms with Gasteiger partial charge >= 0.3 is 0 Å². The Morgan fingerprint density at radius 1 is 1.32 bits per heavy atom. The Bertz CT molecular complexity index is 569. The van der Waals surface area contributed by atoms with Crippen molar-refractivity contribution < 1.29 is 0 Å². The number of hydrogen-bond acceptors (Lipinski definition) is 2. The van der Waals surface area contributed by atoms with Gasteiger partial charge in [-0.25, -0.2) is 0 Å². The standard InChI is InChI=1S/C13H11Br2ClINS/c1-2-18-12(11-6-10(15)13(16)19-11)8-5-7(17)3-4-9(8)14/h3-6,12,18H,2H2,1H3. The first-order valence-electron chi connectivity index (χ1n) is 5.66. The van der Waals surface area contributed by atoms with Gasteiger partial charge in [-0.3, -0.25) is 0 Å². The smallest absolute Gasteiger partial charge is 0.107 e. The summed E-state index contributed by atoms with van der Waals surface area (Å²) in [6.07, 6.45) is 0. The first kappa shape index (κ1) is 16.2. The van der Waals surface area contributed by atoms with Crippen molar-refractivity contribution in [2.24, 2.45) is 0 Å². The average Bonchev–Trinajstić information content (AvgIpc) is 2.70. The number of halogens is 4. The molecule has 0 amide bonds. The molecule has 0 aliphatic carbocycles. The maximum atomic E-state index is 6.16. The lowest BCUT2D eigenvalue weighted by atomic mass is 10.1. The first-order valence-corrected chi connectivity index (χ1v) is 9.52. The van der Waals surface area contributed by atoms with E-state index in [2.05, 4.69) is 91.0 Å². The minimum absolute atomic E-state index is 0.155. The van der Waals surface area contributed by atoms with E-state index in [1.54, 1.807) is 11.3 Å². The second-order valence-corrected chi connectivity index (χ2v) is 8.57. The molecule has 1 nitrogen and oxygen atoms in total. The lowest BCUT2D eigenvalue weighted by molar-refractivity contribution is 0.637. The van der Waals surface area contributed by atoms with E-state index in [0.29, 0.717) is 0 Å². The highest BCUT2D eigenvalue weighted by atomic mass is 127. The summed E-state index contributed by atoms with van der Waals surface area (Å²) in [5.74, 6) is 0. The van der Waals surface area contributed by atoms with Crippen LogP contribution >= 0.6 is 77.4 Å². The van der Waals surface area contributed by atoms with Crippen LogP contribution in [0.4, 0.5) is 0 Å². The van der Waals surface area contributed by atoms with Gasteiger partial charge in [-0.15, -0.1) is 11.3 Å². The van der Waals surface area contributed by atoms with Crippen LogP contribution in [0.5, 0.6) is 0 Å². The zero-order valence-electron chi connectivity index (χ0n) is 10.0. The van der Waals surface area contributed by atoms with Crippen molar-refractivity contribution in [2.75, 3.05) is 6.54 Å². The molecular weight excluding hydrogens is 524 g/mol. The highest BCUT2D eigenvalue weighted by molar-refractivity contribution is 14.1. The second-order valence-electron chi connectivity index (χ2n) is 3.93. The van der Waals surface area contributed by atoms with Crippen molar-refractivity contribution in [1.29, 1.82) is 0 Å². The molecule has 6 heteroatoms. The molecule has 2 rings (SSSR count). The summed E-state index contributed by atoms with van der Waals surface area (Å²) in [6.45, 7) is 3.01. The molecule has 0 saturated heterocycles. The summed E-state index contributed by atoms with van der Waals surface area (Å²) in [5, 5.41) is 3.52. The van der Waals surface area contributed by atoms with Crippen LogP contribution in [0.2, 0.25) is 4.34 Å². The number of rotatable bonds is 4. The van der Waals surface area contributed by atoms with Crippen molar-refractivity contribution in [3.05, 3.63) is 51.6 Å². The number of nitrogens with one attached hydrogen (secondary N) is 1. The highest BCUT2D eigenvalue weighted by Crippen LogP contribution is 2.39. The van der Waals surface area contributed by atoms with Crippen LogP contribution in [-0.2, 0) is 0 Å². The fourth-order valence-corrected chi connectivity index (χ4v) is 4.63. The predicted octanol–water partition coefficient (Wildman–Crippen LogP) is 6.23.